The Balaban J connectivity index is 2.64. The summed E-state index contributed by atoms with van der Waals surface area (Å²) in [5.41, 5.74) is -0.938. The van der Waals surface area contributed by atoms with Crippen LogP contribution in [0.4, 0.5) is 13.2 Å². The van der Waals surface area contributed by atoms with Gasteiger partial charge >= 0.3 is 13.8 Å². The molecule has 2 N–H and O–H groups in total. The number of benzene rings is 1. The lowest BCUT2D eigenvalue weighted by Gasteiger charge is -2.10. The molecule has 0 unspecified atom stereocenters. The number of hydrogen-bond acceptors (Lipinski definition) is 3. The summed E-state index contributed by atoms with van der Waals surface area (Å²) in [7, 11) is -4.49. The van der Waals surface area contributed by atoms with E-state index in [0.717, 1.165) is 12.1 Å². The van der Waals surface area contributed by atoms with Crippen molar-refractivity contribution in [2.75, 3.05) is 12.8 Å². The van der Waals surface area contributed by atoms with Crippen LogP contribution >= 0.6 is 7.60 Å². The molecule has 0 aliphatic carbocycles. The van der Waals surface area contributed by atoms with Gasteiger partial charge in [0.1, 0.15) is 18.5 Å². The van der Waals surface area contributed by atoms with Gasteiger partial charge in [0.2, 0.25) is 0 Å². The van der Waals surface area contributed by atoms with Crippen molar-refractivity contribution in [2.24, 2.45) is 0 Å². The predicted octanol–water partition coefficient (Wildman–Crippen LogP) is 1.83. The van der Waals surface area contributed by atoms with Gasteiger partial charge in [-0.3, -0.25) is 9.36 Å². The molecule has 5 nitrogen and oxygen atoms in total. The van der Waals surface area contributed by atoms with E-state index < -0.39 is 37.9 Å². The van der Waals surface area contributed by atoms with Crippen molar-refractivity contribution in [1.29, 1.82) is 0 Å². The van der Waals surface area contributed by atoms with E-state index in [1.54, 1.807) is 0 Å². The van der Waals surface area contributed by atoms with E-state index >= 15 is 0 Å². The molecule has 0 heterocycles. The Morgan fingerprint density at radius 3 is 2.47 bits per heavy atom. The third kappa shape index (κ3) is 5.87. The van der Waals surface area contributed by atoms with Crippen molar-refractivity contribution >= 4 is 13.4 Å². The molecular weight excluding hydrogens is 288 g/mol. The molecule has 1 rings (SSSR count). The van der Waals surface area contributed by atoms with E-state index in [1.165, 1.54) is 6.07 Å². The first-order valence-electron chi connectivity index (χ1n) is 4.94. The molecule has 0 bridgehead atoms. The molecule has 1 aromatic carbocycles. The normalized spacial score (nSPS) is 12.3. The number of Topliss-reactive ketones (excluding diaryl/α,β-unsaturated/α-hetero) is 1. The van der Waals surface area contributed by atoms with Crippen LogP contribution in [0.3, 0.4) is 0 Å². The Labute approximate surface area is 106 Å². The first-order chi connectivity index (χ1) is 8.58. The standard InChI is InChI=1S/C10H10F3O5P/c11-10(12,13)7-2-1-3-9(4-7)18-5-8(14)6-19(15,16)17/h1-4H,5-6H2,(H2,15,16,17). The average molecular weight is 298 g/mol. The van der Waals surface area contributed by atoms with E-state index in [0.29, 0.717) is 6.07 Å². The fraction of sp³-hybridized carbons (Fsp3) is 0.300. The van der Waals surface area contributed by atoms with E-state index in [-0.39, 0.29) is 5.75 Å². The molecule has 106 valence electrons. The van der Waals surface area contributed by atoms with Gasteiger partial charge in [-0.2, -0.15) is 13.2 Å². The van der Waals surface area contributed by atoms with Crippen LogP contribution in [0.1, 0.15) is 5.56 Å². The number of carbonyl (C=O) groups excluding carboxylic acids is 1. The third-order valence-electron chi connectivity index (χ3n) is 1.94. The molecule has 0 saturated heterocycles. The van der Waals surface area contributed by atoms with Crippen LogP contribution in [0.2, 0.25) is 0 Å². The summed E-state index contributed by atoms with van der Waals surface area (Å²) >= 11 is 0. The highest BCUT2D eigenvalue weighted by Gasteiger charge is 2.30. The van der Waals surface area contributed by atoms with Gasteiger partial charge < -0.3 is 14.5 Å². The first-order valence-corrected chi connectivity index (χ1v) is 6.74. The zero-order chi connectivity index (χ0) is 14.7. The number of alkyl halides is 3. The molecule has 0 radical (unpaired) electrons. The second-order valence-electron chi connectivity index (χ2n) is 3.68. The monoisotopic (exact) mass is 298 g/mol. The molecule has 0 aliphatic heterocycles. The van der Waals surface area contributed by atoms with Crippen molar-refractivity contribution in [3.8, 4) is 5.75 Å². The Morgan fingerprint density at radius 1 is 1.32 bits per heavy atom. The van der Waals surface area contributed by atoms with Crippen molar-refractivity contribution in [1.82, 2.24) is 0 Å². The second-order valence-corrected chi connectivity index (χ2v) is 5.32. The van der Waals surface area contributed by atoms with Crippen LogP contribution in [-0.4, -0.2) is 28.3 Å². The predicted molar refractivity (Wildman–Crippen MR) is 58.9 cm³/mol. The quantitative estimate of drug-likeness (QED) is 0.810. The summed E-state index contributed by atoms with van der Waals surface area (Å²) in [6.45, 7) is -0.702. The SMILES string of the molecule is O=C(COc1cccc(C(F)(F)F)c1)CP(=O)(O)O. The lowest BCUT2D eigenvalue weighted by Crippen LogP contribution is -2.15. The largest absolute Gasteiger partial charge is 0.486 e. The van der Waals surface area contributed by atoms with Crippen molar-refractivity contribution < 1.29 is 37.1 Å². The summed E-state index contributed by atoms with van der Waals surface area (Å²) in [4.78, 5) is 28.1. The number of ether oxygens (including phenoxy) is 1. The van der Waals surface area contributed by atoms with Gasteiger partial charge in [-0.1, -0.05) is 6.07 Å². The maximum absolute atomic E-state index is 12.4. The topological polar surface area (TPSA) is 83.8 Å². The van der Waals surface area contributed by atoms with Gasteiger partial charge in [0.15, 0.2) is 5.78 Å². The first kappa shape index (κ1) is 15.7. The Kier molecular flexibility index (Phi) is 4.73. The fourth-order valence-corrected chi connectivity index (χ4v) is 1.75. The van der Waals surface area contributed by atoms with Gasteiger partial charge in [-0.05, 0) is 18.2 Å². The van der Waals surface area contributed by atoms with Crippen LogP contribution < -0.4 is 4.74 Å². The van der Waals surface area contributed by atoms with Gasteiger partial charge in [0.25, 0.3) is 0 Å². The van der Waals surface area contributed by atoms with Gasteiger partial charge in [-0.15, -0.1) is 0 Å². The minimum Gasteiger partial charge on any atom is -0.486 e. The zero-order valence-electron chi connectivity index (χ0n) is 9.42. The maximum Gasteiger partial charge on any atom is 0.416 e. The Hall–Kier alpha value is -1.37. The summed E-state index contributed by atoms with van der Waals surface area (Å²) in [5.74, 6) is -1.10. The average Bonchev–Trinajstić information content (AvgIpc) is 2.23. The summed E-state index contributed by atoms with van der Waals surface area (Å²) in [6.07, 6.45) is -5.54. The molecule has 1 aromatic rings. The number of ketones is 1. The lowest BCUT2D eigenvalue weighted by molar-refractivity contribution is -0.137. The Bertz CT molecular complexity index is 508. The van der Waals surface area contributed by atoms with Crippen LogP contribution in [0.25, 0.3) is 0 Å². The number of rotatable bonds is 5. The molecule has 0 atom stereocenters. The second kappa shape index (κ2) is 5.73. The van der Waals surface area contributed by atoms with Crippen molar-refractivity contribution in [3.63, 3.8) is 0 Å². The zero-order valence-corrected chi connectivity index (χ0v) is 10.3. The minimum absolute atomic E-state index is 0.200. The fourth-order valence-electron chi connectivity index (χ4n) is 1.20. The lowest BCUT2D eigenvalue weighted by atomic mass is 10.2. The molecule has 9 heteroatoms. The van der Waals surface area contributed by atoms with E-state index in [1.807, 2.05) is 0 Å². The van der Waals surface area contributed by atoms with Crippen LogP contribution in [0.5, 0.6) is 5.75 Å². The molecule has 0 saturated carbocycles. The van der Waals surface area contributed by atoms with E-state index in [9.17, 15) is 22.5 Å². The van der Waals surface area contributed by atoms with Crippen LogP contribution in [0, 0.1) is 0 Å². The molecule has 0 aliphatic rings. The van der Waals surface area contributed by atoms with Gasteiger partial charge in [0, 0.05) is 0 Å². The highest BCUT2D eigenvalue weighted by molar-refractivity contribution is 7.52. The maximum atomic E-state index is 12.4. The van der Waals surface area contributed by atoms with Crippen molar-refractivity contribution in [3.05, 3.63) is 29.8 Å². The number of hydrogen-bond donors (Lipinski definition) is 2. The van der Waals surface area contributed by atoms with Crippen LogP contribution in [-0.2, 0) is 15.5 Å². The van der Waals surface area contributed by atoms with E-state index in [4.69, 9.17) is 14.5 Å². The Morgan fingerprint density at radius 2 is 1.95 bits per heavy atom. The highest BCUT2D eigenvalue weighted by atomic mass is 31.2. The van der Waals surface area contributed by atoms with Crippen molar-refractivity contribution in [2.45, 2.75) is 6.18 Å². The molecule has 19 heavy (non-hydrogen) atoms. The van der Waals surface area contributed by atoms with Gasteiger partial charge in [0.05, 0.1) is 5.56 Å². The summed E-state index contributed by atoms with van der Waals surface area (Å²) < 4.78 is 52.4. The van der Waals surface area contributed by atoms with Crippen LogP contribution in [0.15, 0.2) is 24.3 Å². The molecule has 0 fully saturated rings. The van der Waals surface area contributed by atoms with Gasteiger partial charge in [-0.25, -0.2) is 0 Å². The number of carbonyl (C=O) groups is 1. The summed E-state index contributed by atoms with van der Waals surface area (Å²) in [6, 6.07) is 3.85. The minimum atomic E-state index is -4.53. The number of halogens is 3. The molecular formula is C10H10F3O5P. The highest BCUT2D eigenvalue weighted by Crippen LogP contribution is 2.34. The smallest absolute Gasteiger partial charge is 0.416 e. The molecule has 0 amide bonds. The molecule has 0 spiro atoms. The van der Waals surface area contributed by atoms with E-state index in [2.05, 4.69) is 0 Å². The third-order valence-corrected chi connectivity index (χ3v) is 2.71. The summed E-state index contributed by atoms with van der Waals surface area (Å²) in [5, 5.41) is 0. The molecule has 0 aromatic heterocycles.